The lowest BCUT2D eigenvalue weighted by Crippen LogP contribution is -2.48. The number of carbonyl (C=O) groups is 1. The van der Waals surface area contributed by atoms with Gasteiger partial charge in [0.15, 0.2) is 5.75 Å². The van der Waals surface area contributed by atoms with Gasteiger partial charge < -0.3 is 26.3 Å². The second-order valence-electron chi connectivity index (χ2n) is 5.43. The van der Waals surface area contributed by atoms with Crippen LogP contribution in [0.4, 0.5) is 5.69 Å². The molecule has 5 N–H and O–H groups in total. The van der Waals surface area contributed by atoms with Crippen molar-refractivity contribution in [3.63, 3.8) is 0 Å². The van der Waals surface area contributed by atoms with Crippen LogP contribution >= 0.6 is 15.9 Å². The van der Waals surface area contributed by atoms with E-state index in [-0.39, 0.29) is 11.5 Å². The zero-order valence-corrected chi connectivity index (χ0v) is 14.0. The molecule has 0 saturated carbocycles. The number of amides is 1. The average molecular weight is 366 g/mol. The smallest absolute Gasteiger partial charge is 0.256 e. The predicted molar refractivity (Wildman–Crippen MR) is 85.8 cm³/mol. The van der Waals surface area contributed by atoms with E-state index in [1.807, 2.05) is 19.9 Å². The molecule has 1 atom stereocenters. The highest BCUT2D eigenvalue weighted by molar-refractivity contribution is 9.10. The molecule has 1 aromatic rings. The van der Waals surface area contributed by atoms with E-state index in [4.69, 9.17) is 20.9 Å². The SMILES string of the molecule is CC1=CC2(Nc3cc(C)c(C)c(Br)c3O2)C(C(N)=O)=C(N)O1. The number of nitrogens with two attached hydrogens (primary N) is 2. The lowest BCUT2D eigenvalue weighted by Gasteiger charge is -2.31. The van der Waals surface area contributed by atoms with Crippen LogP contribution in [0.25, 0.3) is 0 Å². The van der Waals surface area contributed by atoms with Crippen molar-refractivity contribution in [2.75, 3.05) is 5.32 Å². The molecule has 7 heteroatoms. The van der Waals surface area contributed by atoms with Crippen LogP contribution < -0.4 is 21.5 Å². The number of allylic oxidation sites excluding steroid dienone is 1. The number of anilines is 1. The number of hydrogen-bond acceptors (Lipinski definition) is 5. The Morgan fingerprint density at radius 1 is 1.36 bits per heavy atom. The molecule has 0 saturated heterocycles. The Hall–Kier alpha value is -2.15. The lowest BCUT2D eigenvalue weighted by atomic mass is 9.99. The van der Waals surface area contributed by atoms with Crippen molar-refractivity contribution in [2.45, 2.75) is 26.5 Å². The van der Waals surface area contributed by atoms with Crippen molar-refractivity contribution < 1.29 is 14.3 Å². The van der Waals surface area contributed by atoms with Crippen molar-refractivity contribution in [2.24, 2.45) is 11.5 Å². The van der Waals surface area contributed by atoms with E-state index in [0.717, 1.165) is 21.3 Å². The summed E-state index contributed by atoms with van der Waals surface area (Å²) in [5, 5.41) is 3.20. The van der Waals surface area contributed by atoms with E-state index < -0.39 is 11.6 Å². The molecular formula is C15H16BrN3O3. The van der Waals surface area contributed by atoms with Gasteiger partial charge in [0.2, 0.25) is 11.6 Å². The van der Waals surface area contributed by atoms with Crippen molar-refractivity contribution in [3.8, 4) is 5.75 Å². The predicted octanol–water partition coefficient (Wildman–Crippen LogP) is 2.16. The highest BCUT2D eigenvalue weighted by atomic mass is 79.9. The van der Waals surface area contributed by atoms with Crippen molar-refractivity contribution in [1.82, 2.24) is 0 Å². The molecule has 2 heterocycles. The molecule has 116 valence electrons. The van der Waals surface area contributed by atoms with E-state index in [1.165, 1.54) is 0 Å². The maximum Gasteiger partial charge on any atom is 0.256 e. The van der Waals surface area contributed by atoms with Crippen LogP contribution in [0.1, 0.15) is 18.1 Å². The first-order valence-corrected chi connectivity index (χ1v) is 7.48. The van der Waals surface area contributed by atoms with Gasteiger partial charge in [-0.05, 0) is 53.9 Å². The first-order valence-electron chi connectivity index (χ1n) is 6.69. The molecule has 1 unspecified atom stereocenters. The minimum Gasteiger partial charge on any atom is -0.456 e. The first kappa shape index (κ1) is 14.8. The number of carbonyl (C=O) groups excluding carboxylic acids is 1. The first-order chi connectivity index (χ1) is 10.2. The molecule has 1 aromatic carbocycles. The number of hydrogen-bond donors (Lipinski definition) is 3. The quantitative estimate of drug-likeness (QED) is 0.707. The minimum absolute atomic E-state index is 0.0523. The van der Waals surface area contributed by atoms with E-state index in [2.05, 4.69) is 21.2 Å². The Morgan fingerprint density at radius 3 is 2.68 bits per heavy atom. The number of rotatable bonds is 1. The zero-order chi connectivity index (χ0) is 16.2. The fourth-order valence-electron chi connectivity index (χ4n) is 2.71. The fourth-order valence-corrected chi connectivity index (χ4v) is 3.32. The molecule has 3 rings (SSSR count). The second-order valence-corrected chi connectivity index (χ2v) is 6.23. The summed E-state index contributed by atoms with van der Waals surface area (Å²) in [5.41, 5.74) is 13.0. The topological polar surface area (TPSA) is 99.6 Å². The van der Waals surface area contributed by atoms with Gasteiger partial charge in [-0.1, -0.05) is 0 Å². The van der Waals surface area contributed by atoms with E-state index in [1.54, 1.807) is 13.0 Å². The lowest BCUT2D eigenvalue weighted by molar-refractivity contribution is -0.116. The van der Waals surface area contributed by atoms with Gasteiger partial charge >= 0.3 is 0 Å². The highest BCUT2D eigenvalue weighted by Gasteiger charge is 2.48. The number of ether oxygens (including phenoxy) is 2. The standard InChI is InChI=1S/C15H16BrN3O3/c1-6-4-9-12(11(16)8(6)3)22-15(19-9)5-7(2)21-14(18)10(15)13(17)20/h4-5,19H,18H2,1-3H3,(H2,17,20). The molecule has 0 radical (unpaired) electrons. The number of nitrogens with one attached hydrogen (secondary N) is 1. The van der Waals surface area contributed by atoms with Crippen LogP contribution in [-0.2, 0) is 9.53 Å². The Bertz CT molecular complexity index is 770. The molecule has 1 amide bonds. The average Bonchev–Trinajstić information content (AvgIpc) is 2.73. The van der Waals surface area contributed by atoms with Crippen LogP contribution in [0.5, 0.6) is 5.75 Å². The van der Waals surface area contributed by atoms with E-state index in [9.17, 15) is 4.79 Å². The summed E-state index contributed by atoms with van der Waals surface area (Å²) < 4.78 is 12.2. The summed E-state index contributed by atoms with van der Waals surface area (Å²) in [5.74, 6) is 0.372. The van der Waals surface area contributed by atoms with Gasteiger partial charge in [-0.2, -0.15) is 0 Å². The zero-order valence-electron chi connectivity index (χ0n) is 12.4. The molecule has 2 aliphatic heterocycles. The summed E-state index contributed by atoms with van der Waals surface area (Å²) in [7, 11) is 0. The van der Waals surface area contributed by atoms with Gasteiger partial charge in [0.25, 0.3) is 5.91 Å². The molecule has 0 bridgehead atoms. The van der Waals surface area contributed by atoms with Gasteiger partial charge in [0, 0.05) is 6.08 Å². The van der Waals surface area contributed by atoms with Crippen molar-refractivity contribution in [3.05, 3.63) is 45.0 Å². The van der Waals surface area contributed by atoms with E-state index in [0.29, 0.717) is 11.5 Å². The largest absolute Gasteiger partial charge is 0.456 e. The monoisotopic (exact) mass is 365 g/mol. The molecule has 1 spiro atoms. The molecule has 0 aliphatic carbocycles. The number of halogens is 1. The summed E-state index contributed by atoms with van der Waals surface area (Å²) in [4.78, 5) is 11.8. The van der Waals surface area contributed by atoms with Crippen LogP contribution in [-0.4, -0.2) is 11.6 Å². The van der Waals surface area contributed by atoms with E-state index >= 15 is 0 Å². The Labute approximate surface area is 136 Å². The summed E-state index contributed by atoms with van der Waals surface area (Å²) in [6.45, 7) is 5.71. The Kier molecular flexibility index (Phi) is 3.14. The summed E-state index contributed by atoms with van der Waals surface area (Å²) in [6.07, 6.45) is 1.65. The normalized spacial score (nSPS) is 22.6. The van der Waals surface area contributed by atoms with Crippen LogP contribution in [0, 0.1) is 13.8 Å². The van der Waals surface area contributed by atoms with Gasteiger partial charge in [-0.25, -0.2) is 0 Å². The third-order valence-electron chi connectivity index (χ3n) is 3.85. The molecule has 0 aromatic heterocycles. The van der Waals surface area contributed by atoms with Crippen LogP contribution in [0.15, 0.2) is 33.8 Å². The minimum atomic E-state index is -1.25. The molecule has 2 aliphatic rings. The van der Waals surface area contributed by atoms with Gasteiger partial charge in [0.05, 0.1) is 10.2 Å². The molecule has 0 fully saturated rings. The third-order valence-corrected chi connectivity index (χ3v) is 4.81. The highest BCUT2D eigenvalue weighted by Crippen LogP contribution is 2.48. The van der Waals surface area contributed by atoms with Gasteiger partial charge in [-0.3, -0.25) is 4.79 Å². The fraction of sp³-hybridized carbons (Fsp3) is 0.267. The van der Waals surface area contributed by atoms with Gasteiger partial charge in [0.1, 0.15) is 11.3 Å². The number of benzene rings is 1. The number of aryl methyl sites for hydroxylation is 1. The van der Waals surface area contributed by atoms with Gasteiger partial charge in [-0.15, -0.1) is 0 Å². The van der Waals surface area contributed by atoms with Crippen LogP contribution in [0.3, 0.4) is 0 Å². The molecule has 22 heavy (non-hydrogen) atoms. The maximum atomic E-state index is 11.8. The van der Waals surface area contributed by atoms with Crippen molar-refractivity contribution >= 4 is 27.5 Å². The summed E-state index contributed by atoms with van der Waals surface area (Å²) >= 11 is 3.54. The Morgan fingerprint density at radius 2 is 2.05 bits per heavy atom. The number of primary amides is 1. The van der Waals surface area contributed by atoms with Crippen molar-refractivity contribution in [1.29, 1.82) is 0 Å². The Balaban J connectivity index is 2.19. The van der Waals surface area contributed by atoms with Crippen LogP contribution in [0.2, 0.25) is 0 Å². The summed E-state index contributed by atoms with van der Waals surface area (Å²) in [6, 6.07) is 1.96. The number of fused-ring (bicyclic) bond motifs is 1. The third kappa shape index (κ3) is 1.96. The molecular weight excluding hydrogens is 350 g/mol. The molecule has 6 nitrogen and oxygen atoms in total. The maximum absolute atomic E-state index is 11.8. The second kappa shape index (κ2) is 4.67.